The van der Waals surface area contributed by atoms with Crippen molar-refractivity contribution >= 4 is 22.9 Å². The first-order valence-corrected chi connectivity index (χ1v) is 10.4. The number of amides is 1. The number of aryl methyl sites for hydroxylation is 2. The zero-order valence-electron chi connectivity index (χ0n) is 17.9. The van der Waals surface area contributed by atoms with Crippen LogP contribution in [0.2, 0.25) is 0 Å². The van der Waals surface area contributed by atoms with E-state index in [9.17, 15) is 14.4 Å². The maximum absolute atomic E-state index is 13.3. The molecule has 0 bridgehead atoms. The highest BCUT2D eigenvalue weighted by Crippen LogP contribution is 2.11. The fraction of sp³-hybridized carbons (Fsp3) is 0.318. The monoisotopic (exact) mass is 436 g/mol. The van der Waals surface area contributed by atoms with Crippen LogP contribution >= 0.6 is 0 Å². The zero-order valence-corrected chi connectivity index (χ0v) is 17.9. The molecule has 0 aliphatic rings. The number of anilines is 1. The Morgan fingerprint density at radius 1 is 1.16 bits per heavy atom. The van der Waals surface area contributed by atoms with Gasteiger partial charge in [-0.25, -0.2) is 14.3 Å². The third-order valence-electron chi connectivity index (χ3n) is 5.12. The quantitative estimate of drug-likeness (QED) is 0.452. The molecule has 0 saturated heterocycles. The Balaban J connectivity index is 1.79. The lowest BCUT2D eigenvalue weighted by Gasteiger charge is -2.12. The van der Waals surface area contributed by atoms with Crippen molar-refractivity contribution in [1.82, 2.24) is 23.8 Å². The van der Waals surface area contributed by atoms with E-state index in [1.54, 1.807) is 23.9 Å². The summed E-state index contributed by atoms with van der Waals surface area (Å²) in [6, 6.07) is 11.0. The van der Waals surface area contributed by atoms with E-state index < -0.39 is 23.7 Å². The molecule has 0 spiro atoms. The summed E-state index contributed by atoms with van der Waals surface area (Å²) in [7, 11) is 0. The van der Waals surface area contributed by atoms with Crippen molar-refractivity contribution in [2.24, 2.45) is 0 Å². The van der Waals surface area contributed by atoms with Gasteiger partial charge in [0.15, 0.2) is 17.0 Å². The van der Waals surface area contributed by atoms with Gasteiger partial charge in [-0.3, -0.25) is 14.2 Å². The van der Waals surface area contributed by atoms with Crippen molar-refractivity contribution in [3.05, 3.63) is 74.9 Å². The van der Waals surface area contributed by atoms with Gasteiger partial charge in [-0.05, 0) is 18.9 Å². The van der Waals surface area contributed by atoms with Gasteiger partial charge in [0.2, 0.25) is 5.91 Å². The average Bonchev–Trinajstić information content (AvgIpc) is 3.39. The zero-order chi connectivity index (χ0) is 22.7. The van der Waals surface area contributed by atoms with Gasteiger partial charge in [-0.15, -0.1) is 0 Å². The van der Waals surface area contributed by atoms with Crippen LogP contribution in [0.3, 0.4) is 0 Å². The van der Waals surface area contributed by atoms with Crippen LogP contribution in [0.15, 0.2) is 56.8 Å². The Morgan fingerprint density at radius 2 is 1.94 bits per heavy atom. The molecule has 10 heteroatoms. The highest BCUT2D eigenvalue weighted by molar-refractivity contribution is 5.89. The number of carbonyl (C=O) groups is 1. The second kappa shape index (κ2) is 9.04. The van der Waals surface area contributed by atoms with Gasteiger partial charge in [-0.1, -0.05) is 48.8 Å². The summed E-state index contributed by atoms with van der Waals surface area (Å²) in [5.41, 5.74) is 0.350. The number of imidazole rings is 1. The standard InChI is InChI=1S/C22H24N6O4/c1-3-4-10-26-14-23-20-19(26)21(30)28(13-18(29)24-17-11-15(2)32-25-17)22(31)27(20)12-16-8-6-5-7-9-16/h5-9,11,14H,3-4,10,12-13H2,1-2H3,(H,24,25,29). The predicted molar refractivity (Wildman–Crippen MR) is 119 cm³/mol. The molecule has 0 radical (unpaired) electrons. The van der Waals surface area contributed by atoms with Gasteiger partial charge in [0, 0.05) is 12.6 Å². The van der Waals surface area contributed by atoms with Crippen LogP contribution in [-0.4, -0.2) is 29.7 Å². The number of hydrogen-bond donors (Lipinski definition) is 1. The molecule has 1 amide bonds. The third kappa shape index (κ3) is 4.25. The SMILES string of the molecule is CCCCn1cnc2c1c(=O)n(CC(=O)Nc1cc(C)on1)c(=O)n2Cc1ccccc1. The van der Waals surface area contributed by atoms with Gasteiger partial charge < -0.3 is 14.4 Å². The first-order valence-electron chi connectivity index (χ1n) is 10.4. The normalized spacial score (nSPS) is 11.2. The van der Waals surface area contributed by atoms with E-state index in [1.807, 2.05) is 30.3 Å². The van der Waals surface area contributed by atoms with E-state index in [-0.39, 0.29) is 12.4 Å². The van der Waals surface area contributed by atoms with Crippen LogP contribution in [0.5, 0.6) is 0 Å². The number of fused-ring (bicyclic) bond motifs is 1. The molecular formula is C22H24N6O4. The smallest absolute Gasteiger partial charge is 0.333 e. The molecule has 1 aromatic carbocycles. The summed E-state index contributed by atoms with van der Waals surface area (Å²) < 4.78 is 9.06. The van der Waals surface area contributed by atoms with Gasteiger partial charge in [0.1, 0.15) is 12.3 Å². The molecule has 3 heterocycles. The molecule has 0 fully saturated rings. The highest BCUT2D eigenvalue weighted by Gasteiger charge is 2.20. The fourth-order valence-electron chi connectivity index (χ4n) is 3.54. The molecule has 1 N–H and O–H groups in total. The van der Waals surface area contributed by atoms with E-state index >= 15 is 0 Å². The Bertz CT molecular complexity index is 1360. The topological polar surface area (TPSA) is 117 Å². The van der Waals surface area contributed by atoms with Crippen LogP contribution < -0.4 is 16.6 Å². The number of benzene rings is 1. The maximum Gasteiger partial charge on any atom is 0.333 e. The molecule has 0 unspecified atom stereocenters. The van der Waals surface area contributed by atoms with E-state index in [0.717, 1.165) is 23.0 Å². The summed E-state index contributed by atoms with van der Waals surface area (Å²) in [5, 5.41) is 6.26. The van der Waals surface area contributed by atoms with E-state index in [2.05, 4.69) is 22.4 Å². The molecule has 3 aromatic heterocycles. The molecular weight excluding hydrogens is 412 g/mol. The second-order valence-corrected chi connectivity index (χ2v) is 7.58. The maximum atomic E-state index is 13.3. The lowest BCUT2D eigenvalue weighted by molar-refractivity contribution is -0.116. The van der Waals surface area contributed by atoms with Crippen LogP contribution in [0.1, 0.15) is 31.1 Å². The predicted octanol–water partition coefficient (Wildman–Crippen LogP) is 2.14. The molecule has 10 nitrogen and oxygen atoms in total. The summed E-state index contributed by atoms with van der Waals surface area (Å²) in [5.74, 6) is 0.200. The number of hydrogen-bond acceptors (Lipinski definition) is 6. The summed E-state index contributed by atoms with van der Waals surface area (Å²) in [4.78, 5) is 43.5. The molecule has 166 valence electrons. The number of rotatable bonds is 8. The Labute approximate surface area is 183 Å². The third-order valence-corrected chi connectivity index (χ3v) is 5.12. The summed E-state index contributed by atoms with van der Waals surface area (Å²) in [6.45, 7) is 4.12. The molecule has 0 saturated carbocycles. The van der Waals surface area contributed by atoms with Gasteiger partial charge in [0.05, 0.1) is 12.9 Å². The van der Waals surface area contributed by atoms with E-state index in [1.165, 1.54) is 4.57 Å². The Morgan fingerprint density at radius 3 is 2.62 bits per heavy atom. The lowest BCUT2D eigenvalue weighted by Crippen LogP contribution is -2.43. The minimum absolute atomic E-state index is 0.222. The van der Waals surface area contributed by atoms with Crippen LogP contribution in [0.25, 0.3) is 11.2 Å². The molecule has 0 aliphatic heterocycles. The first-order chi connectivity index (χ1) is 15.5. The number of nitrogens with zero attached hydrogens (tertiary/aromatic N) is 5. The van der Waals surface area contributed by atoms with Crippen molar-refractivity contribution in [3.63, 3.8) is 0 Å². The van der Waals surface area contributed by atoms with Crippen LogP contribution in [0, 0.1) is 6.92 Å². The minimum atomic E-state index is -0.599. The Kier molecular flexibility index (Phi) is 6.02. The van der Waals surface area contributed by atoms with Crippen LogP contribution in [0.4, 0.5) is 5.82 Å². The highest BCUT2D eigenvalue weighted by atomic mass is 16.5. The Hall–Kier alpha value is -3.95. The van der Waals surface area contributed by atoms with Gasteiger partial charge >= 0.3 is 5.69 Å². The number of unbranched alkanes of at least 4 members (excludes halogenated alkanes) is 1. The minimum Gasteiger partial charge on any atom is -0.360 e. The number of nitrogens with one attached hydrogen (secondary N) is 1. The van der Waals surface area contributed by atoms with E-state index in [4.69, 9.17) is 4.52 Å². The molecule has 32 heavy (non-hydrogen) atoms. The fourth-order valence-corrected chi connectivity index (χ4v) is 3.54. The van der Waals surface area contributed by atoms with E-state index in [0.29, 0.717) is 23.5 Å². The second-order valence-electron chi connectivity index (χ2n) is 7.58. The number of carbonyl (C=O) groups excluding carboxylic acids is 1. The molecule has 0 atom stereocenters. The largest absolute Gasteiger partial charge is 0.360 e. The molecule has 4 rings (SSSR count). The van der Waals surface area contributed by atoms with Crippen molar-refractivity contribution in [2.45, 2.75) is 46.3 Å². The van der Waals surface area contributed by atoms with Crippen molar-refractivity contribution in [1.29, 1.82) is 0 Å². The van der Waals surface area contributed by atoms with Crippen LogP contribution in [-0.2, 0) is 24.4 Å². The van der Waals surface area contributed by atoms with Crippen molar-refractivity contribution in [3.8, 4) is 0 Å². The lowest BCUT2D eigenvalue weighted by atomic mass is 10.2. The molecule has 0 aliphatic carbocycles. The van der Waals surface area contributed by atoms with Gasteiger partial charge in [-0.2, -0.15) is 0 Å². The first kappa shape index (κ1) is 21.3. The summed E-state index contributed by atoms with van der Waals surface area (Å²) in [6.07, 6.45) is 3.37. The van der Waals surface area contributed by atoms with Crippen molar-refractivity contribution in [2.75, 3.05) is 5.32 Å². The average molecular weight is 436 g/mol. The van der Waals surface area contributed by atoms with Crippen molar-refractivity contribution < 1.29 is 9.32 Å². The van der Waals surface area contributed by atoms with Gasteiger partial charge in [0.25, 0.3) is 5.56 Å². The molecule has 4 aromatic rings. The number of aromatic nitrogens is 5. The summed E-state index contributed by atoms with van der Waals surface area (Å²) >= 11 is 0.